The highest BCUT2D eigenvalue weighted by Crippen LogP contribution is 2.31. The van der Waals surface area contributed by atoms with Gasteiger partial charge in [0.1, 0.15) is 11.2 Å². The van der Waals surface area contributed by atoms with Crippen molar-refractivity contribution in [2.75, 3.05) is 0 Å². The van der Waals surface area contributed by atoms with E-state index < -0.39 is 27.6 Å². The quantitative estimate of drug-likeness (QED) is 0.460. The second kappa shape index (κ2) is 4.75. The van der Waals surface area contributed by atoms with E-state index >= 15 is 0 Å². The molecule has 0 aromatic carbocycles. The maximum atomic E-state index is 11.4. The SMILES string of the molecule is C=C(C)C(=O)OC(C)(C)C(C)(C)OS(=O)(=O)O. The Hall–Kier alpha value is -0.920. The molecule has 0 spiro atoms. The largest absolute Gasteiger partial charge is 0.453 e. The second-order valence-corrected chi connectivity index (χ2v) is 5.72. The van der Waals surface area contributed by atoms with E-state index in [1.807, 2.05) is 0 Å². The first kappa shape index (κ1) is 16.1. The maximum Gasteiger partial charge on any atom is 0.398 e. The summed E-state index contributed by atoms with van der Waals surface area (Å²) in [4.78, 5) is 11.4. The molecule has 0 amide bonds. The first-order valence-corrected chi connectivity index (χ1v) is 6.22. The van der Waals surface area contributed by atoms with Crippen LogP contribution < -0.4 is 0 Å². The number of hydrogen-bond donors (Lipinski definition) is 1. The molecular weight excluding hydrogens is 248 g/mol. The third-order valence-corrected chi connectivity index (χ3v) is 3.09. The van der Waals surface area contributed by atoms with Crippen LogP contribution in [0, 0.1) is 0 Å². The van der Waals surface area contributed by atoms with Crippen LogP contribution in [-0.4, -0.2) is 30.1 Å². The summed E-state index contributed by atoms with van der Waals surface area (Å²) < 4.78 is 39.6. The van der Waals surface area contributed by atoms with Crippen molar-refractivity contribution in [2.24, 2.45) is 0 Å². The molecule has 0 bridgehead atoms. The fraction of sp³-hybridized carbons (Fsp3) is 0.700. The summed E-state index contributed by atoms with van der Waals surface area (Å²) in [5, 5.41) is 0. The van der Waals surface area contributed by atoms with Gasteiger partial charge in [0.15, 0.2) is 0 Å². The fourth-order valence-corrected chi connectivity index (χ4v) is 1.53. The van der Waals surface area contributed by atoms with Gasteiger partial charge in [0.05, 0.1) is 0 Å². The molecule has 0 aliphatic carbocycles. The fourth-order valence-electron chi connectivity index (χ4n) is 0.805. The highest BCUT2D eigenvalue weighted by Gasteiger charge is 2.44. The van der Waals surface area contributed by atoms with Crippen LogP contribution in [0.25, 0.3) is 0 Å². The molecule has 0 atom stereocenters. The monoisotopic (exact) mass is 266 g/mol. The van der Waals surface area contributed by atoms with Crippen LogP contribution >= 0.6 is 0 Å². The number of carbonyl (C=O) groups excluding carboxylic acids is 1. The molecule has 0 aromatic heterocycles. The van der Waals surface area contributed by atoms with Gasteiger partial charge in [-0.2, -0.15) is 8.42 Å². The Bertz CT molecular complexity index is 418. The molecule has 17 heavy (non-hydrogen) atoms. The molecule has 0 unspecified atom stereocenters. The lowest BCUT2D eigenvalue weighted by molar-refractivity contribution is -0.172. The number of rotatable bonds is 5. The number of esters is 1. The van der Waals surface area contributed by atoms with Crippen LogP contribution in [0.15, 0.2) is 12.2 Å². The van der Waals surface area contributed by atoms with Crippen molar-refractivity contribution in [3.63, 3.8) is 0 Å². The van der Waals surface area contributed by atoms with E-state index in [0.29, 0.717) is 0 Å². The normalized spacial score (nSPS) is 13.3. The van der Waals surface area contributed by atoms with Crippen molar-refractivity contribution in [3.05, 3.63) is 12.2 Å². The Morgan fingerprint density at radius 2 is 1.59 bits per heavy atom. The summed E-state index contributed by atoms with van der Waals surface area (Å²) >= 11 is 0. The van der Waals surface area contributed by atoms with Gasteiger partial charge in [0.2, 0.25) is 0 Å². The van der Waals surface area contributed by atoms with Gasteiger partial charge < -0.3 is 4.74 Å². The first-order valence-electron chi connectivity index (χ1n) is 4.85. The van der Waals surface area contributed by atoms with Gasteiger partial charge in [-0.15, -0.1) is 0 Å². The Kier molecular flexibility index (Phi) is 4.50. The maximum absolute atomic E-state index is 11.4. The first-order chi connectivity index (χ1) is 7.28. The third kappa shape index (κ3) is 4.84. The molecule has 0 rings (SSSR count). The van der Waals surface area contributed by atoms with Gasteiger partial charge in [-0.05, 0) is 34.6 Å². The standard InChI is InChI=1S/C10H18O6S/c1-7(2)8(11)15-9(3,4)10(5,6)16-17(12,13)14/h1H2,2-6H3,(H,12,13,14). The lowest BCUT2D eigenvalue weighted by Crippen LogP contribution is -2.51. The van der Waals surface area contributed by atoms with Crippen molar-refractivity contribution < 1.29 is 26.7 Å². The van der Waals surface area contributed by atoms with Crippen LogP contribution in [-0.2, 0) is 24.1 Å². The summed E-state index contributed by atoms with van der Waals surface area (Å²) in [6.07, 6.45) is 0. The Morgan fingerprint density at radius 3 is 1.88 bits per heavy atom. The molecule has 0 radical (unpaired) electrons. The minimum absolute atomic E-state index is 0.181. The minimum atomic E-state index is -4.63. The Balaban J connectivity index is 5.03. The van der Waals surface area contributed by atoms with E-state index in [0.717, 1.165) is 0 Å². The summed E-state index contributed by atoms with van der Waals surface area (Å²) in [6.45, 7) is 10.6. The molecule has 0 saturated carbocycles. The minimum Gasteiger partial charge on any atom is -0.453 e. The predicted molar refractivity (Wildman–Crippen MR) is 61.7 cm³/mol. The van der Waals surface area contributed by atoms with E-state index in [4.69, 9.17) is 9.29 Å². The molecular formula is C10H18O6S. The van der Waals surface area contributed by atoms with E-state index in [9.17, 15) is 13.2 Å². The Labute approximate surface area is 102 Å². The summed E-state index contributed by atoms with van der Waals surface area (Å²) in [7, 11) is -4.63. The van der Waals surface area contributed by atoms with E-state index in [1.165, 1.54) is 34.6 Å². The van der Waals surface area contributed by atoms with Crippen LogP contribution in [0.4, 0.5) is 0 Å². The molecule has 1 N–H and O–H groups in total. The number of carbonyl (C=O) groups is 1. The van der Waals surface area contributed by atoms with E-state index in [-0.39, 0.29) is 5.57 Å². The zero-order chi connectivity index (χ0) is 14.1. The molecule has 0 aliphatic rings. The summed E-state index contributed by atoms with van der Waals surface area (Å²) in [5.74, 6) is -0.665. The van der Waals surface area contributed by atoms with Crippen molar-refractivity contribution in [1.29, 1.82) is 0 Å². The van der Waals surface area contributed by atoms with E-state index in [2.05, 4.69) is 10.8 Å². The van der Waals surface area contributed by atoms with Gasteiger partial charge in [0, 0.05) is 5.57 Å². The molecule has 0 heterocycles. The van der Waals surface area contributed by atoms with Crippen LogP contribution in [0.3, 0.4) is 0 Å². The molecule has 0 fully saturated rings. The lowest BCUT2D eigenvalue weighted by atomic mass is 9.89. The van der Waals surface area contributed by atoms with Gasteiger partial charge in [-0.25, -0.2) is 8.98 Å². The van der Waals surface area contributed by atoms with Crippen molar-refractivity contribution in [3.8, 4) is 0 Å². The van der Waals surface area contributed by atoms with E-state index in [1.54, 1.807) is 0 Å². The smallest absolute Gasteiger partial charge is 0.398 e. The molecule has 7 heteroatoms. The summed E-state index contributed by atoms with van der Waals surface area (Å²) in [6, 6.07) is 0. The predicted octanol–water partition coefficient (Wildman–Crippen LogP) is 1.48. The van der Waals surface area contributed by atoms with Crippen molar-refractivity contribution in [2.45, 2.75) is 45.8 Å². The zero-order valence-corrected chi connectivity index (χ0v) is 11.4. The summed E-state index contributed by atoms with van der Waals surface area (Å²) in [5.41, 5.74) is -2.51. The van der Waals surface area contributed by atoms with Gasteiger partial charge in [-0.1, -0.05) is 6.58 Å². The number of ether oxygens (including phenoxy) is 1. The van der Waals surface area contributed by atoms with Gasteiger partial charge >= 0.3 is 16.4 Å². The molecule has 0 saturated heterocycles. The highest BCUT2D eigenvalue weighted by molar-refractivity contribution is 7.80. The zero-order valence-electron chi connectivity index (χ0n) is 10.6. The molecule has 6 nitrogen and oxygen atoms in total. The third-order valence-electron chi connectivity index (χ3n) is 2.46. The van der Waals surface area contributed by atoms with Gasteiger partial charge in [-0.3, -0.25) is 4.55 Å². The second-order valence-electron chi connectivity index (χ2n) is 4.70. The van der Waals surface area contributed by atoms with Crippen LogP contribution in [0.1, 0.15) is 34.6 Å². The van der Waals surface area contributed by atoms with Gasteiger partial charge in [0.25, 0.3) is 0 Å². The van der Waals surface area contributed by atoms with Crippen molar-refractivity contribution in [1.82, 2.24) is 0 Å². The average molecular weight is 266 g/mol. The molecule has 0 aliphatic heterocycles. The van der Waals surface area contributed by atoms with Crippen molar-refractivity contribution >= 4 is 16.4 Å². The lowest BCUT2D eigenvalue weighted by Gasteiger charge is -2.38. The molecule has 0 aromatic rings. The molecule has 100 valence electrons. The topological polar surface area (TPSA) is 89.9 Å². The Morgan fingerprint density at radius 1 is 1.18 bits per heavy atom. The van der Waals surface area contributed by atoms with Crippen LogP contribution in [0.5, 0.6) is 0 Å². The van der Waals surface area contributed by atoms with Crippen LogP contribution in [0.2, 0.25) is 0 Å². The highest BCUT2D eigenvalue weighted by atomic mass is 32.3. The average Bonchev–Trinajstić information content (AvgIpc) is 1.97. The number of hydrogen-bond acceptors (Lipinski definition) is 5.